The summed E-state index contributed by atoms with van der Waals surface area (Å²) in [6.07, 6.45) is 0.532. The minimum absolute atomic E-state index is 0.100. The lowest BCUT2D eigenvalue weighted by Gasteiger charge is -1.98. The van der Waals surface area contributed by atoms with Gasteiger partial charge in [0.05, 0.1) is 0 Å². The summed E-state index contributed by atoms with van der Waals surface area (Å²) in [4.78, 5) is 0. The van der Waals surface area contributed by atoms with E-state index in [0.717, 1.165) is 5.56 Å². The van der Waals surface area contributed by atoms with Crippen molar-refractivity contribution in [1.82, 2.24) is 0 Å². The van der Waals surface area contributed by atoms with Crippen molar-refractivity contribution in [2.45, 2.75) is 18.6 Å². The second-order valence-electron chi connectivity index (χ2n) is 2.92. The highest BCUT2D eigenvalue weighted by molar-refractivity contribution is 6.42. The highest BCUT2D eigenvalue weighted by Crippen LogP contribution is 2.08. The Morgan fingerprint density at radius 1 is 1.17 bits per heavy atom. The van der Waals surface area contributed by atoms with E-state index in [9.17, 15) is 7.05 Å². The van der Waals surface area contributed by atoms with Crippen molar-refractivity contribution in [2.75, 3.05) is 0 Å². The predicted molar refractivity (Wildman–Crippen MR) is 47.7 cm³/mol. The minimum Gasteiger partial charge on any atom is -0.374 e. The van der Waals surface area contributed by atoms with Gasteiger partial charge in [-0.2, -0.15) is 0 Å². The zero-order chi connectivity index (χ0) is 8.97. The lowest BCUT2D eigenvalue weighted by molar-refractivity contribution is 0.650. The van der Waals surface area contributed by atoms with Crippen molar-refractivity contribution < 1.29 is 7.05 Å². The van der Waals surface area contributed by atoms with Crippen LogP contribution in [0.5, 0.6) is 0 Å². The van der Waals surface area contributed by atoms with Gasteiger partial charge in [0.1, 0.15) is 0 Å². The fraction of sp³-hybridized carbons (Fsp3) is 0.333. The van der Waals surface area contributed by atoms with Gasteiger partial charge >= 0.3 is 15.1 Å². The first kappa shape index (κ1) is 9.70. The molecule has 3 heteroatoms. The Balaban J connectivity index is 2.48. The molecular formula is C9H11AlF2. The highest BCUT2D eigenvalue weighted by Gasteiger charge is 2.18. The van der Waals surface area contributed by atoms with Crippen molar-refractivity contribution >= 4 is 15.1 Å². The summed E-state index contributed by atoms with van der Waals surface area (Å²) in [5.41, 5.74) is 2.20. The summed E-state index contributed by atoms with van der Waals surface area (Å²) in [7, 11) is 0. The lowest BCUT2D eigenvalue weighted by Crippen LogP contribution is -1.97. The Kier molecular flexibility index (Phi) is 3.71. The fourth-order valence-corrected chi connectivity index (χ4v) is 1.58. The van der Waals surface area contributed by atoms with E-state index in [2.05, 4.69) is 0 Å². The molecule has 0 bridgehead atoms. The molecule has 0 fully saturated rings. The van der Waals surface area contributed by atoms with Crippen molar-refractivity contribution in [3.63, 3.8) is 0 Å². The van der Waals surface area contributed by atoms with Gasteiger partial charge in [0.15, 0.2) is 0 Å². The Morgan fingerprint density at radius 3 is 2.25 bits per heavy atom. The van der Waals surface area contributed by atoms with Crippen LogP contribution in [0.25, 0.3) is 0 Å². The number of rotatable bonds is 3. The molecule has 0 saturated heterocycles. The van der Waals surface area contributed by atoms with E-state index in [-0.39, 0.29) is 5.28 Å². The molecule has 0 N–H and O–H groups in total. The van der Waals surface area contributed by atoms with Gasteiger partial charge in [-0.1, -0.05) is 29.8 Å². The molecule has 1 rings (SSSR count). The quantitative estimate of drug-likeness (QED) is 0.633. The third kappa shape index (κ3) is 3.34. The second-order valence-corrected chi connectivity index (χ2v) is 4.27. The molecule has 0 heterocycles. The van der Waals surface area contributed by atoms with Crippen molar-refractivity contribution in [2.24, 2.45) is 0 Å². The standard InChI is InChI=1S/C9H11.Al.2FH/c1-3-9-6-4-8(2)5-7-9;;;/h4-7H,1,3H2,2H3;;2*1H/q;+2;;/p-2. The molecule has 0 atom stereocenters. The molecule has 12 heavy (non-hydrogen) atoms. The van der Waals surface area contributed by atoms with E-state index in [1.54, 1.807) is 0 Å². The normalized spacial score (nSPS) is 9.92. The molecule has 0 aliphatic rings. The third-order valence-corrected chi connectivity index (χ3v) is 2.50. The average Bonchev–Trinajstić information content (AvgIpc) is 2.03. The van der Waals surface area contributed by atoms with Crippen LogP contribution in [0.1, 0.15) is 11.1 Å². The van der Waals surface area contributed by atoms with Crippen LogP contribution < -0.4 is 0 Å². The first-order chi connectivity index (χ1) is 5.68. The molecule has 1 aromatic carbocycles. The maximum absolute atomic E-state index is 11.9. The average molecular weight is 184 g/mol. The highest BCUT2D eigenvalue weighted by atomic mass is 27.3. The molecule has 0 saturated carbocycles. The van der Waals surface area contributed by atoms with Gasteiger partial charge in [-0.25, -0.2) is 0 Å². The second kappa shape index (κ2) is 4.59. The van der Waals surface area contributed by atoms with E-state index in [4.69, 9.17) is 0 Å². The number of halogens is 2. The summed E-state index contributed by atoms with van der Waals surface area (Å²) in [5.74, 6) is 0. The molecule has 0 unspecified atom stereocenters. The van der Waals surface area contributed by atoms with Gasteiger partial charge in [-0.3, -0.25) is 0 Å². The fourth-order valence-electron chi connectivity index (χ4n) is 1.03. The summed E-state index contributed by atoms with van der Waals surface area (Å²) in [5, 5.41) is 0.100. The van der Waals surface area contributed by atoms with Gasteiger partial charge in [0.2, 0.25) is 0 Å². The zero-order valence-corrected chi connectivity index (χ0v) is 8.21. The first-order valence-electron chi connectivity index (χ1n) is 4.02. The van der Waals surface area contributed by atoms with Crippen LogP contribution in [-0.2, 0) is 6.42 Å². The number of aryl methyl sites for hydroxylation is 2. The van der Waals surface area contributed by atoms with Gasteiger partial charge in [0.25, 0.3) is 0 Å². The van der Waals surface area contributed by atoms with Gasteiger partial charge in [0, 0.05) is 0 Å². The maximum atomic E-state index is 11.9. The topological polar surface area (TPSA) is 0 Å². The Labute approximate surface area is 76.6 Å². The molecular weight excluding hydrogens is 173 g/mol. The zero-order valence-electron chi connectivity index (χ0n) is 7.06. The number of benzene rings is 1. The summed E-state index contributed by atoms with van der Waals surface area (Å²) >= 11 is -3.35. The molecule has 0 amide bonds. The van der Waals surface area contributed by atoms with E-state index in [1.165, 1.54) is 5.56 Å². The molecule has 0 aromatic heterocycles. The smallest absolute Gasteiger partial charge is 0.374 e. The summed E-state index contributed by atoms with van der Waals surface area (Å²) in [6.45, 7) is 1.99. The molecule has 0 radical (unpaired) electrons. The van der Waals surface area contributed by atoms with E-state index in [0.29, 0.717) is 6.42 Å². The van der Waals surface area contributed by atoms with Crippen molar-refractivity contribution in [3.05, 3.63) is 35.4 Å². The molecule has 0 aliphatic heterocycles. The Morgan fingerprint density at radius 2 is 1.75 bits per heavy atom. The van der Waals surface area contributed by atoms with E-state index < -0.39 is 15.1 Å². The Bertz CT molecular complexity index is 231. The molecule has 0 spiro atoms. The SMILES string of the molecule is Cc1ccc(C[CH2][Al]([F])[F])cc1. The van der Waals surface area contributed by atoms with Gasteiger partial charge < -0.3 is 7.05 Å². The van der Waals surface area contributed by atoms with E-state index in [1.807, 2.05) is 31.2 Å². The van der Waals surface area contributed by atoms with Crippen molar-refractivity contribution in [3.8, 4) is 0 Å². The van der Waals surface area contributed by atoms with E-state index >= 15 is 0 Å². The third-order valence-electron chi connectivity index (χ3n) is 1.77. The predicted octanol–water partition coefficient (Wildman–Crippen LogP) is 2.96. The van der Waals surface area contributed by atoms with Crippen LogP contribution in [0.3, 0.4) is 0 Å². The molecule has 0 aliphatic carbocycles. The van der Waals surface area contributed by atoms with Crippen LogP contribution in [0.2, 0.25) is 5.28 Å². The molecule has 64 valence electrons. The monoisotopic (exact) mass is 184 g/mol. The first-order valence-corrected chi connectivity index (χ1v) is 5.71. The van der Waals surface area contributed by atoms with Crippen LogP contribution in [0.15, 0.2) is 24.3 Å². The maximum Gasteiger partial charge on any atom is 0.758 e. The summed E-state index contributed by atoms with van der Waals surface area (Å²) < 4.78 is 23.9. The number of hydrogen-bond acceptors (Lipinski definition) is 0. The Hall–Kier alpha value is -0.388. The van der Waals surface area contributed by atoms with Crippen LogP contribution in [0, 0.1) is 6.92 Å². The van der Waals surface area contributed by atoms with Gasteiger partial charge in [-0.05, 0) is 24.2 Å². The molecule has 0 nitrogen and oxygen atoms in total. The van der Waals surface area contributed by atoms with Crippen LogP contribution in [-0.4, -0.2) is 15.1 Å². The number of hydrogen-bond donors (Lipinski definition) is 0. The summed E-state index contributed by atoms with van der Waals surface area (Å²) in [6, 6.07) is 7.77. The van der Waals surface area contributed by atoms with Crippen LogP contribution in [0.4, 0.5) is 7.05 Å². The van der Waals surface area contributed by atoms with Crippen LogP contribution >= 0.6 is 0 Å². The lowest BCUT2D eigenvalue weighted by atomic mass is 10.1. The molecule has 1 aromatic rings. The minimum atomic E-state index is -3.35. The van der Waals surface area contributed by atoms with Crippen molar-refractivity contribution in [1.29, 1.82) is 0 Å². The largest absolute Gasteiger partial charge is 0.758 e. The van der Waals surface area contributed by atoms with Gasteiger partial charge in [-0.15, -0.1) is 0 Å².